The van der Waals surface area contributed by atoms with Crippen LogP contribution in [0.1, 0.15) is 28.3 Å². The van der Waals surface area contributed by atoms with Gasteiger partial charge in [-0.15, -0.1) is 13.2 Å². The van der Waals surface area contributed by atoms with Gasteiger partial charge < -0.3 is 30.0 Å². The van der Waals surface area contributed by atoms with Gasteiger partial charge >= 0.3 is 18.4 Å². The number of amides is 2. The van der Waals surface area contributed by atoms with Gasteiger partial charge in [-0.3, -0.25) is 4.79 Å². The van der Waals surface area contributed by atoms with Gasteiger partial charge in [0.1, 0.15) is 24.8 Å². The maximum atomic E-state index is 14.5. The van der Waals surface area contributed by atoms with Crippen molar-refractivity contribution in [2.75, 3.05) is 0 Å². The molecular weight excluding hydrogens is 624 g/mol. The number of esters is 1. The monoisotopic (exact) mass is 654 g/mol. The smallest absolute Gasteiger partial charge is 0.459 e. The molecule has 47 heavy (non-hydrogen) atoms. The summed E-state index contributed by atoms with van der Waals surface area (Å²) in [6, 6.07) is 24.3. The third kappa shape index (κ3) is 11.2. The van der Waals surface area contributed by atoms with Gasteiger partial charge in [0.2, 0.25) is 0 Å². The molecule has 0 bridgehead atoms. The van der Waals surface area contributed by atoms with Crippen molar-refractivity contribution < 1.29 is 51.3 Å². The lowest BCUT2D eigenvalue weighted by atomic mass is 9.99. The van der Waals surface area contributed by atoms with Crippen LogP contribution in [0.3, 0.4) is 0 Å². The number of rotatable bonds is 13. The molecule has 0 heterocycles. The van der Waals surface area contributed by atoms with Crippen LogP contribution in [0.15, 0.2) is 109 Å². The normalized spacial score (nSPS) is 13.0. The highest BCUT2D eigenvalue weighted by Crippen LogP contribution is 2.28. The second kappa shape index (κ2) is 16.2. The number of carbonyl (C=O) groups excluding carboxylic acids is 3. The molecule has 9 nitrogen and oxygen atoms in total. The van der Waals surface area contributed by atoms with Gasteiger partial charge in [0.05, 0.1) is 6.04 Å². The number of alkyl halides is 3. The molecule has 0 saturated carbocycles. The van der Waals surface area contributed by atoms with Gasteiger partial charge in [-0.05, 0) is 40.8 Å². The minimum Gasteiger partial charge on any atom is -0.459 e. The van der Waals surface area contributed by atoms with E-state index in [0.717, 1.165) is 0 Å². The first-order chi connectivity index (χ1) is 22.5. The first-order valence-electron chi connectivity index (χ1n) is 14.2. The minimum atomic E-state index is -5.18. The van der Waals surface area contributed by atoms with Crippen LogP contribution in [-0.4, -0.2) is 41.6 Å². The van der Waals surface area contributed by atoms with Crippen molar-refractivity contribution >= 4 is 18.0 Å². The predicted molar refractivity (Wildman–Crippen MR) is 160 cm³/mol. The fourth-order valence-electron chi connectivity index (χ4n) is 4.47. The SMILES string of the molecule is O=C(N[C@H](Cc1ccccc1)[C@H](O)C(=O)N[C@@H](C(=O)OCc1ccccc1)c1cc(F)cc(OC(F)(F)F)c1)OCc1ccccc1. The molecule has 246 valence electrons. The zero-order valence-electron chi connectivity index (χ0n) is 24.7. The van der Waals surface area contributed by atoms with Gasteiger partial charge in [0.25, 0.3) is 5.91 Å². The molecule has 0 aliphatic carbocycles. The van der Waals surface area contributed by atoms with Crippen LogP contribution in [0.25, 0.3) is 0 Å². The van der Waals surface area contributed by atoms with Gasteiger partial charge in [-0.2, -0.15) is 0 Å². The Bertz CT molecular complexity index is 1620. The summed E-state index contributed by atoms with van der Waals surface area (Å²) >= 11 is 0. The van der Waals surface area contributed by atoms with Crippen molar-refractivity contribution in [3.8, 4) is 5.75 Å². The molecule has 13 heteroatoms. The molecule has 0 unspecified atom stereocenters. The number of aliphatic hydroxyl groups excluding tert-OH is 1. The first-order valence-corrected chi connectivity index (χ1v) is 14.2. The van der Waals surface area contributed by atoms with Crippen molar-refractivity contribution in [3.63, 3.8) is 0 Å². The topological polar surface area (TPSA) is 123 Å². The van der Waals surface area contributed by atoms with E-state index in [1.165, 1.54) is 0 Å². The Morgan fingerprint density at radius 2 is 1.26 bits per heavy atom. The molecule has 2 amide bonds. The lowest BCUT2D eigenvalue weighted by molar-refractivity contribution is -0.274. The molecule has 0 saturated heterocycles. The quantitative estimate of drug-likeness (QED) is 0.128. The molecule has 4 rings (SSSR count). The predicted octanol–water partition coefficient (Wildman–Crippen LogP) is 5.52. The molecule has 0 fully saturated rings. The van der Waals surface area contributed by atoms with E-state index in [4.69, 9.17) is 9.47 Å². The summed E-state index contributed by atoms with van der Waals surface area (Å²) < 4.78 is 67.6. The van der Waals surface area contributed by atoms with Gasteiger partial charge in [-0.25, -0.2) is 14.0 Å². The maximum Gasteiger partial charge on any atom is 0.573 e. The average Bonchev–Trinajstić information content (AvgIpc) is 3.04. The summed E-state index contributed by atoms with van der Waals surface area (Å²) in [7, 11) is 0. The number of benzene rings is 4. The minimum absolute atomic E-state index is 0.0669. The maximum absolute atomic E-state index is 14.5. The molecule has 0 aliphatic rings. The number of ether oxygens (including phenoxy) is 3. The van der Waals surface area contributed by atoms with E-state index in [0.29, 0.717) is 34.9 Å². The van der Waals surface area contributed by atoms with Crippen molar-refractivity contribution in [1.82, 2.24) is 10.6 Å². The second-order valence-corrected chi connectivity index (χ2v) is 10.3. The molecule has 4 aromatic carbocycles. The van der Waals surface area contributed by atoms with E-state index in [-0.39, 0.29) is 19.6 Å². The van der Waals surface area contributed by atoms with E-state index in [1.54, 1.807) is 91.0 Å². The van der Waals surface area contributed by atoms with Gasteiger partial charge in [-0.1, -0.05) is 91.0 Å². The van der Waals surface area contributed by atoms with Crippen LogP contribution >= 0.6 is 0 Å². The van der Waals surface area contributed by atoms with Crippen LogP contribution in [0, 0.1) is 5.82 Å². The number of hydrogen-bond acceptors (Lipinski definition) is 7. The summed E-state index contributed by atoms with van der Waals surface area (Å²) in [4.78, 5) is 39.4. The molecule has 3 N–H and O–H groups in total. The third-order valence-corrected chi connectivity index (χ3v) is 6.67. The van der Waals surface area contributed by atoms with E-state index < -0.39 is 59.6 Å². The Balaban J connectivity index is 1.57. The van der Waals surface area contributed by atoms with Crippen molar-refractivity contribution in [1.29, 1.82) is 0 Å². The Hall–Kier alpha value is -5.43. The molecule has 3 atom stereocenters. The second-order valence-electron chi connectivity index (χ2n) is 10.3. The summed E-state index contributed by atoms with van der Waals surface area (Å²) in [6.07, 6.45) is -8.23. The van der Waals surface area contributed by atoms with Crippen molar-refractivity contribution in [2.24, 2.45) is 0 Å². The number of carbonyl (C=O) groups is 3. The number of nitrogens with one attached hydrogen (secondary N) is 2. The van der Waals surface area contributed by atoms with E-state index in [9.17, 15) is 37.1 Å². The lowest BCUT2D eigenvalue weighted by Crippen LogP contribution is -2.53. The lowest BCUT2D eigenvalue weighted by Gasteiger charge is -2.26. The highest BCUT2D eigenvalue weighted by molar-refractivity contribution is 5.88. The molecule has 4 aromatic rings. The summed E-state index contributed by atoms with van der Waals surface area (Å²) in [6.45, 7) is -0.397. The first kappa shape index (κ1) is 34.4. The number of alkyl carbamates (subject to hydrolysis) is 1. The van der Waals surface area contributed by atoms with Crippen LogP contribution in [0.5, 0.6) is 5.75 Å². The standard InChI is InChI=1S/C34H30F4N2O7/c35-26-17-25(18-27(19-26)47-34(36,37)38)29(32(43)45-20-23-12-6-2-7-13-23)40-31(42)30(41)28(16-22-10-4-1-5-11-22)39-33(44)46-21-24-14-8-3-9-15-24/h1-15,17-19,28-30,41H,16,20-21H2,(H,39,44)(H,40,42)/t28-,29-,30+/m1/s1. The van der Waals surface area contributed by atoms with Gasteiger partial charge in [0, 0.05) is 6.07 Å². The molecule has 0 radical (unpaired) electrons. The Morgan fingerprint density at radius 1 is 0.723 bits per heavy atom. The zero-order chi connectivity index (χ0) is 33.8. The average molecular weight is 655 g/mol. The summed E-state index contributed by atoms with van der Waals surface area (Å²) in [5.74, 6) is -4.60. The molecule has 0 aliphatic heterocycles. The fourth-order valence-corrected chi connectivity index (χ4v) is 4.47. The highest BCUT2D eigenvalue weighted by atomic mass is 19.4. The summed E-state index contributed by atoms with van der Waals surface area (Å²) in [5, 5.41) is 15.8. The van der Waals surface area contributed by atoms with Crippen LogP contribution < -0.4 is 15.4 Å². The molecule has 0 spiro atoms. The highest BCUT2D eigenvalue weighted by Gasteiger charge is 2.35. The zero-order valence-corrected chi connectivity index (χ0v) is 24.7. The van der Waals surface area contributed by atoms with Crippen LogP contribution in [-0.2, 0) is 38.7 Å². The van der Waals surface area contributed by atoms with Crippen molar-refractivity contribution in [2.45, 2.75) is 44.2 Å². The molecular formula is C34H30F4N2O7. The number of hydrogen-bond donors (Lipinski definition) is 3. The number of halogens is 4. The van der Waals surface area contributed by atoms with E-state index in [1.807, 2.05) is 0 Å². The Labute approximate surface area is 267 Å². The Morgan fingerprint density at radius 3 is 1.81 bits per heavy atom. The molecule has 0 aromatic heterocycles. The largest absolute Gasteiger partial charge is 0.573 e. The van der Waals surface area contributed by atoms with Gasteiger partial charge in [0.15, 0.2) is 12.1 Å². The summed E-state index contributed by atoms with van der Waals surface area (Å²) in [5.41, 5.74) is 1.39. The third-order valence-electron chi connectivity index (χ3n) is 6.67. The van der Waals surface area contributed by atoms with E-state index >= 15 is 0 Å². The van der Waals surface area contributed by atoms with Crippen molar-refractivity contribution in [3.05, 3.63) is 137 Å². The van der Waals surface area contributed by atoms with Crippen LogP contribution in [0.4, 0.5) is 22.4 Å². The fraction of sp³-hybridized carbons (Fsp3) is 0.206. The number of aliphatic hydroxyl groups is 1. The van der Waals surface area contributed by atoms with Crippen LogP contribution in [0.2, 0.25) is 0 Å². The Kier molecular flexibility index (Phi) is 11.9. The van der Waals surface area contributed by atoms with E-state index in [2.05, 4.69) is 15.4 Å².